The van der Waals surface area contributed by atoms with Crippen LogP contribution in [0.2, 0.25) is 0 Å². The average Bonchev–Trinajstić information content (AvgIpc) is 3.06. The van der Waals surface area contributed by atoms with E-state index in [1.807, 2.05) is 4.90 Å². The maximum atomic E-state index is 13.4. The molecule has 1 atom stereocenters. The van der Waals surface area contributed by atoms with Crippen molar-refractivity contribution in [1.29, 1.82) is 0 Å². The third-order valence-electron chi connectivity index (χ3n) is 6.60. The second-order valence-electron chi connectivity index (χ2n) is 8.04. The van der Waals surface area contributed by atoms with Crippen LogP contribution in [0.15, 0.2) is 0 Å². The Hall–Kier alpha value is -0.580. The maximum Gasteiger partial charge on any atom is 0.229 e. The first-order valence-electron chi connectivity index (χ1n) is 9.42. The predicted molar refractivity (Wildman–Crippen MR) is 91.9 cm³/mol. The van der Waals surface area contributed by atoms with Gasteiger partial charge in [0.05, 0.1) is 10.7 Å². The quantitative estimate of drug-likeness (QED) is 0.792. The standard InChI is InChI=1S/C18H31NO3S/c1-23(21,22)16-10-13-19(14-16)17(20)18(11-6-3-7-12-18)15-8-4-2-5-9-15/h15-16H,2-14H2,1H3. The Morgan fingerprint density at radius 3 is 2.13 bits per heavy atom. The van der Waals surface area contributed by atoms with Crippen LogP contribution in [0.25, 0.3) is 0 Å². The van der Waals surface area contributed by atoms with Crippen LogP contribution in [-0.4, -0.2) is 43.8 Å². The van der Waals surface area contributed by atoms with Crippen molar-refractivity contribution in [1.82, 2.24) is 4.90 Å². The minimum atomic E-state index is -3.04. The lowest BCUT2D eigenvalue weighted by molar-refractivity contribution is -0.148. The fraction of sp³-hybridized carbons (Fsp3) is 0.944. The zero-order valence-corrected chi connectivity index (χ0v) is 15.2. The second-order valence-corrected chi connectivity index (χ2v) is 10.4. The average molecular weight is 342 g/mol. The van der Waals surface area contributed by atoms with Gasteiger partial charge in [-0.3, -0.25) is 4.79 Å². The van der Waals surface area contributed by atoms with Crippen molar-refractivity contribution in [3.05, 3.63) is 0 Å². The monoisotopic (exact) mass is 341 g/mol. The molecule has 2 aliphatic carbocycles. The number of sulfone groups is 1. The molecule has 0 spiro atoms. The number of nitrogens with zero attached hydrogens (tertiary/aromatic N) is 1. The Labute approximate surface area is 140 Å². The lowest BCUT2D eigenvalue weighted by Crippen LogP contribution is -2.49. The molecule has 1 amide bonds. The van der Waals surface area contributed by atoms with Gasteiger partial charge in [0.15, 0.2) is 9.84 Å². The van der Waals surface area contributed by atoms with E-state index in [0.29, 0.717) is 25.4 Å². The topological polar surface area (TPSA) is 54.5 Å². The first-order chi connectivity index (χ1) is 10.9. The Morgan fingerprint density at radius 2 is 1.57 bits per heavy atom. The highest BCUT2D eigenvalue weighted by Crippen LogP contribution is 2.49. The van der Waals surface area contributed by atoms with E-state index in [4.69, 9.17) is 0 Å². The van der Waals surface area contributed by atoms with E-state index in [9.17, 15) is 13.2 Å². The minimum Gasteiger partial charge on any atom is -0.341 e. The van der Waals surface area contributed by atoms with Crippen molar-refractivity contribution in [3.63, 3.8) is 0 Å². The zero-order chi connectivity index (χ0) is 16.5. The van der Waals surface area contributed by atoms with Gasteiger partial charge in [-0.15, -0.1) is 0 Å². The SMILES string of the molecule is CS(=O)(=O)C1CCN(C(=O)C2(C3CCCCC3)CCCCC2)C1. The molecule has 3 aliphatic rings. The lowest BCUT2D eigenvalue weighted by Gasteiger charge is -2.46. The van der Waals surface area contributed by atoms with Crippen molar-refractivity contribution >= 4 is 15.7 Å². The minimum absolute atomic E-state index is 0.176. The molecule has 0 aromatic heterocycles. The molecule has 1 aliphatic heterocycles. The molecule has 0 aromatic rings. The number of hydrogen-bond donors (Lipinski definition) is 0. The Balaban J connectivity index is 1.78. The summed E-state index contributed by atoms with van der Waals surface area (Å²) in [4.78, 5) is 15.3. The van der Waals surface area contributed by atoms with E-state index in [1.165, 1.54) is 44.8 Å². The summed E-state index contributed by atoms with van der Waals surface area (Å²) in [6.45, 7) is 1.05. The molecule has 3 rings (SSSR count). The van der Waals surface area contributed by atoms with Gasteiger partial charge in [0.2, 0.25) is 5.91 Å². The highest BCUT2D eigenvalue weighted by molar-refractivity contribution is 7.91. The fourth-order valence-corrected chi connectivity index (χ4v) is 6.20. The highest BCUT2D eigenvalue weighted by atomic mass is 32.2. The third kappa shape index (κ3) is 3.45. The van der Waals surface area contributed by atoms with Crippen molar-refractivity contribution in [2.45, 2.75) is 75.9 Å². The molecule has 3 fully saturated rings. The molecule has 132 valence electrons. The molecule has 1 saturated heterocycles. The molecule has 4 nitrogen and oxygen atoms in total. The summed E-state index contributed by atoms with van der Waals surface area (Å²) in [6.07, 6.45) is 13.7. The van der Waals surface area contributed by atoms with E-state index in [-0.39, 0.29) is 16.6 Å². The smallest absolute Gasteiger partial charge is 0.229 e. The molecule has 23 heavy (non-hydrogen) atoms. The van der Waals surface area contributed by atoms with Gasteiger partial charge in [-0.05, 0) is 38.0 Å². The van der Waals surface area contributed by atoms with E-state index in [2.05, 4.69) is 0 Å². The molecule has 1 unspecified atom stereocenters. The van der Waals surface area contributed by atoms with Gasteiger partial charge in [0.1, 0.15) is 0 Å². The summed E-state index contributed by atoms with van der Waals surface area (Å²) in [5.74, 6) is 0.816. The van der Waals surface area contributed by atoms with Crippen LogP contribution >= 0.6 is 0 Å². The maximum absolute atomic E-state index is 13.4. The Bertz CT molecular complexity index is 530. The van der Waals surface area contributed by atoms with Gasteiger partial charge in [0.25, 0.3) is 0 Å². The second kappa shape index (κ2) is 6.73. The first kappa shape index (κ1) is 17.2. The van der Waals surface area contributed by atoms with Gasteiger partial charge in [-0.1, -0.05) is 38.5 Å². The fourth-order valence-electron chi connectivity index (χ4n) is 5.21. The largest absolute Gasteiger partial charge is 0.341 e. The van der Waals surface area contributed by atoms with Crippen LogP contribution < -0.4 is 0 Å². The van der Waals surface area contributed by atoms with E-state index < -0.39 is 9.84 Å². The molecule has 2 saturated carbocycles. The van der Waals surface area contributed by atoms with Gasteiger partial charge in [-0.2, -0.15) is 0 Å². The van der Waals surface area contributed by atoms with Gasteiger partial charge >= 0.3 is 0 Å². The molecule has 5 heteroatoms. The Morgan fingerprint density at radius 1 is 0.957 bits per heavy atom. The van der Waals surface area contributed by atoms with E-state index in [0.717, 1.165) is 25.7 Å². The van der Waals surface area contributed by atoms with Crippen LogP contribution in [0.4, 0.5) is 0 Å². The van der Waals surface area contributed by atoms with Gasteiger partial charge in [0, 0.05) is 19.3 Å². The van der Waals surface area contributed by atoms with Crippen LogP contribution in [0.3, 0.4) is 0 Å². The van der Waals surface area contributed by atoms with Crippen LogP contribution in [0, 0.1) is 11.3 Å². The number of carbonyl (C=O) groups is 1. The third-order valence-corrected chi connectivity index (χ3v) is 8.19. The highest BCUT2D eigenvalue weighted by Gasteiger charge is 2.49. The molecule has 0 aromatic carbocycles. The summed E-state index contributed by atoms with van der Waals surface area (Å²) in [5, 5.41) is -0.349. The molecule has 0 bridgehead atoms. The summed E-state index contributed by atoms with van der Waals surface area (Å²) in [7, 11) is -3.04. The number of carbonyl (C=O) groups excluding carboxylic acids is 1. The Kier molecular flexibility index (Phi) is 5.05. The number of amides is 1. The number of hydrogen-bond acceptors (Lipinski definition) is 3. The predicted octanol–water partition coefficient (Wildman–Crippen LogP) is 3.16. The van der Waals surface area contributed by atoms with Crippen molar-refractivity contribution < 1.29 is 13.2 Å². The molecule has 0 radical (unpaired) electrons. The van der Waals surface area contributed by atoms with Crippen molar-refractivity contribution in [2.24, 2.45) is 11.3 Å². The van der Waals surface area contributed by atoms with E-state index in [1.54, 1.807) is 0 Å². The zero-order valence-electron chi connectivity index (χ0n) is 14.4. The first-order valence-corrected chi connectivity index (χ1v) is 11.4. The summed E-state index contributed by atoms with van der Waals surface area (Å²) >= 11 is 0. The summed E-state index contributed by atoms with van der Waals surface area (Å²) < 4.78 is 23.6. The van der Waals surface area contributed by atoms with Crippen LogP contribution in [0.1, 0.15) is 70.6 Å². The van der Waals surface area contributed by atoms with Crippen molar-refractivity contribution in [2.75, 3.05) is 19.3 Å². The molecular formula is C18H31NO3S. The van der Waals surface area contributed by atoms with Crippen LogP contribution in [0.5, 0.6) is 0 Å². The van der Waals surface area contributed by atoms with Gasteiger partial charge in [-0.25, -0.2) is 8.42 Å². The van der Waals surface area contributed by atoms with Crippen LogP contribution in [-0.2, 0) is 14.6 Å². The molecule has 1 heterocycles. The lowest BCUT2D eigenvalue weighted by atomic mass is 9.61. The number of rotatable bonds is 3. The summed E-state index contributed by atoms with van der Waals surface area (Å²) in [5.41, 5.74) is -0.176. The van der Waals surface area contributed by atoms with Gasteiger partial charge < -0.3 is 4.90 Å². The number of likely N-dealkylation sites (tertiary alicyclic amines) is 1. The van der Waals surface area contributed by atoms with E-state index >= 15 is 0 Å². The van der Waals surface area contributed by atoms with Crippen molar-refractivity contribution in [3.8, 4) is 0 Å². The summed E-state index contributed by atoms with van der Waals surface area (Å²) in [6, 6.07) is 0. The normalized spacial score (nSPS) is 29.6. The molecule has 0 N–H and O–H groups in total. The molecular weight excluding hydrogens is 310 g/mol.